The molecule has 0 bridgehead atoms. The van der Waals surface area contributed by atoms with Crippen LogP contribution in [0.5, 0.6) is 0 Å². The maximum atomic E-state index is 12.8. The van der Waals surface area contributed by atoms with E-state index >= 15 is 0 Å². The second-order valence-corrected chi connectivity index (χ2v) is 10.4. The molecule has 2 aliphatic heterocycles. The largest absolute Gasteiger partial charge is 0.480 e. The van der Waals surface area contributed by atoms with Crippen molar-refractivity contribution in [2.24, 2.45) is 0 Å². The van der Waals surface area contributed by atoms with Crippen LogP contribution in [0.3, 0.4) is 0 Å². The predicted octanol–water partition coefficient (Wildman–Crippen LogP) is 3.22. The van der Waals surface area contributed by atoms with E-state index in [1.165, 1.54) is 0 Å². The lowest BCUT2D eigenvalue weighted by atomic mass is 10.1. The third-order valence-corrected chi connectivity index (χ3v) is 6.76. The van der Waals surface area contributed by atoms with Gasteiger partial charge >= 0.3 is 11.9 Å². The minimum atomic E-state index is -1.04. The smallest absolute Gasteiger partial charge is 0.334 e. The summed E-state index contributed by atoms with van der Waals surface area (Å²) in [5, 5.41) is 8.09. The third kappa shape index (κ3) is 6.93. The second-order valence-electron chi connectivity index (χ2n) is 10.4. The fraction of sp³-hybridized carbons (Fsp3) is 0.615. The molecule has 38 heavy (non-hydrogen) atoms. The van der Waals surface area contributed by atoms with Gasteiger partial charge in [-0.15, -0.1) is 9.29 Å². The van der Waals surface area contributed by atoms with E-state index in [9.17, 15) is 9.59 Å². The van der Waals surface area contributed by atoms with Gasteiger partial charge in [0.2, 0.25) is 0 Å². The van der Waals surface area contributed by atoms with Gasteiger partial charge in [0.1, 0.15) is 40.3 Å². The van der Waals surface area contributed by atoms with Crippen LogP contribution in [-0.4, -0.2) is 81.8 Å². The van der Waals surface area contributed by atoms with Crippen molar-refractivity contribution in [3.05, 3.63) is 35.6 Å². The molecule has 2 aliphatic rings. The third-order valence-electron chi connectivity index (χ3n) is 6.76. The molecule has 0 N–H and O–H groups in total. The van der Waals surface area contributed by atoms with Crippen LogP contribution in [0.15, 0.2) is 21.2 Å². The number of rotatable bonds is 10. The van der Waals surface area contributed by atoms with Gasteiger partial charge in [0.25, 0.3) is 11.8 Å². The zero-order chi connectivity index (χ0) is 27.2. The van der Waals surface area contributed by atoms with E-state index in [4.69, 9.17) is 18.7 Å². The lowest BCUT2D eigenvalue weighted by molar-refractivity contribution is -1.07. The number of carbonyl (C=O) groups excluding carboxylic acids is 2. The van der Waals surface area contributed by atoms with Gasteiger partial charge in [0, 0.05) is 25.7 Å². The molecule has 206 valence electrons. The lowest BCUT2D eigenvalue weighted by Crippen LogP contribution is -2.53. The Morgan fingerprint density at radius 1 is 0.789 bits per heavy atom. The summed E-state index contributed by atoms with van der Waals surface area (Å²) in [5.41, 5.74) is 1.58. The first kappa shape index (κ1) is 27.6. The van der Waals surface area contributed by atoms with Crippen LogP contribution >= 0.6 is 0 Å². The molecule has 0 aliphatic carbocycles. The zero-order valence-corrected chi connectivity index (χ0v) is 22.8. The average molecular weight is 531 g/mol. The van der Waals surface area contributed by atoms with E-state index in [1.807, 2.05) is 12.2 Å². The van der Waals surface area contributed by atoms with Crippen LogP contribution in [0.25, 0.3) is 11.1 Å². The van der Waals surface area contributed by atoms with Crippen LogP contribution in [-0.2, 0) is 32.1 Å². The molecule has 4 rings (SSSR count). The number of nitrogens with zero attached hydrogens (tertiary/aromatic N) is 6. The van der Waals surface area contributed by atoms with Crippen LogP contribution in [0.2, 0.25) is 0 Å². The fourth-order valence-electron chi connectivity index (χ4n) is 4.61. The summed E-state index contributed by atoms with van der Waals surface area (Å²) in [6, 6.07) is 0. The van der Waals surface area contributed by atoms with E-state index < -0.39 is 11.9 Å². The summed E-state index contributed by atoms with van der Waals surface area (Å²) in [5.74, 6) is 0.0724. The summed E-state index contributed by atoms with van der Waals surface area (Å²) >= 11 is 0. The van der Waals surface area contributed by atoms with Gasteiger partial charge < -0.3 is 9.05 Å². The van der Waals surface area contributed by atoms with E-state index in [0.29, 0.717) is 62.5 Å². The quantitative estimate of drug-likeness (QED) is 0.333. The summed E-state index contributed by atoms with van der Waals surface area (Å²) in [7, 11) is 3.49. The van der Waals surface area contributed by atoms with Gasteiger partial charge in [0.05, 0.1) is 11.1 Å². The minimum Gasteiger partial charge on any atom is -0.334 e. The van der Waals surface area contributed by atoms with Gasteiger partial charge in [-0.05, 0) is 12.8 Å². The van der Waals surface area contributed by atoms with Crippen molar-refractivity contribution in [3.63, 3.8) is 0 Å². The Hall–Kier alpha value is -3.38. The Balaban J connectivity index is 1.33. The standard InChI is InChI=1S/C26H38N6O6/c1-5-7-13-21-27-23(35-29-21)19-11-9-15-31(3,17-19)37-25(33)26(34)38-32(4)16-10-12-20(18-32)24-28-22(30-36-24)14-8-6-2/h11-12H,5-10,13-18H2,1-4H3/q+2. The van der Waals surface area contributed by atoms with E-state index in [1.54, 1.807) is 14.1 Å². The topological polar surface area (TPSA) is 130 Å². The molecule has 0 fully saturated rings. The molecular weight excluding hydrogens is 492 g/mol. The SMILES string of the molecule is CCCCc1noc(C2=CCC[N+](C)(OC(=O)C(=O)O[N+]3(C)CCC=C(c4nc(CCCC)no4)C3)C2)n1. The van der Waals surface area contributed by atoms with Crippen molar-refractivity contribution in [2.45, 2.75) is 65.2 Å². The lowest BCUT2D eigenvalue weighted by Gasteiger charge is -2.34. The van der Waals surface area contributed by atoms with Gasteiger partial charge in [0.15, 0.2) is 11.6 Å². The molecule has 2 atom stereocenters. The van der Waals surface area contributed by atoms with Gasteiger partial charge in [-0.25, -0.2) is 9.59 Å². The van der Waals surface area contributed by atoms with E-state index in [-0.39, 0.29) is 9.29 Å². The molecule has 0 amide bonds. The molecule has 0 saturated carbocycles. The highest BCUT2D eigenvalue weighted by molar-refractivity contribution is 6.29. The molecule has 2 aromatic heterocycles. The summed E-state index contributed by atoms with van der Waals surface area (Å²) in [4.78, 5) is 45.8. The molecule has 0 spiro atoms. The van der Waals surface area contributed by atoms with Crippen molar-refractivity contribution in [1.82, 2.24) is 20.3 Å². The highest BCUT2D eigenvalue weighted by Gasteiger charge is 2.41. The van der Waals surface area contributed by atoms with Crippen molar-refractivity contribution in [1.29, 1.82) is 0 Å². The van der Waals surface area contributed by atoms with Gasteiger partial charge in [-0.3, -0.25) is 9.68 Å². The Bertz CT molecular complexity index is 1110. The first-order valence-electron chi connectivity index (χ1n) is 13.4. The highest BCUT2D eigenvalue weighted by atomic mass is 16.8. The molecule has 2 unspecified atom stereocenters. The number of carbonyl (C=O) groups is 2. The Morgan fingerprint density at radius 2 is 1.21 bits per heavy atom. The molecule has 12 nitrogen and oxygen atoms in total. The molecular formula is C26H38N6O6+2. The predicted molar refractivity (Wildman–Crippen MR) is 135 cm³/mol. The van der Waals surface area contributed by atoms with Crippen LogP contribution < -0.4 is 0 Å². The average Bonchev–Trinajstić information content (AvgIpc) is 3.56. The number of hydroxylamine groups is 6. The van der Waals surface area contributed by atoms with Gasteiger partial charge in [-0.1, -0.05) is 49.2 Å². The first-order valence-corrected chi connectivity index (χ1v) is 13.4. The monoisotopic (exact) mass is 530 g/mol. The number of hydrogen-bond acceptors (Lipinski definition) is 10. The molecule has 2 aromatic rings. The Morgan fingerprint density at radius 3 is 1.61 bits per heavy atom. The van der Waals surface area contributed by atoms with Crippen LogP contribution in [0.1, 0.15) is 75.8 Å². The number of aromatic nitrogens is 4. The Labute approximate surface area is 222 Å². The van der Waals surface area contributed by atoms with Crippen LogP contribution in [0.4, 0.5) is 0 Å². The number of aryl methyl sites for hydroxylation is 2. The van der Waals surface area contributed by atoms with Crippen molar-refractivity contribution in [3.8, 4) is 0 Å². The fourth-order valence-corrected chi connectivity index (χ4v) is 4.61. The minimum absolute atomic E-state index is 0.121. The number of unbranched alkanes of at least 4 members (excludes halogenated alkanes) is 2. The summed E-state index contributed by atoms with van der Waals surface area (Å²) in [6.45, 7) is 5.85. The first-order chi connectivity index (χ1) is 18.2. The normalized spacial score (nSPS) is 23.5. The zero-order valence-electron chi connectivity index (χ0n) is 22.8. The highest BCUT2D eigenvalue weighted by Crippen LogP contribution is 2.27. The maximum Gasteiger partial charge on any atom is 0.480 e. The molecule has 0 aromatic carbocycles. The second kappa shape index (κ2) is 12.0. The molecule has 0 radical (unpaired) electrons. The van der Waals surface area contributed by atoms with Crippen molar-refractivity contribution < 1.29 is 37.6 Å². The number of likely N-dealkylation sites (N-methyl/N-ethyl adjacent to an activating group) is 2. The number of quaternary nitrogens is 2. The number of hydrogen-bond donors (Lipinski definition) is 0. The van der Waals surface area contributed by atoms with Crippen molar-refractivity contribution >= 4 is 23.1 Å². The van der Waals surface area contributed by atoms with E-state index in [2.05, 4.69) is 34.1 Å². The maximum absolute atomic E-state index is 12.8. The molecule has 4 heterocycles. The van der Waals surface area contributed by atoms with Gasteiger partial charge in [-0.2, -0.15) is 9.97 Å². The Kier molecular flexibility index (Phi) is 8.72. The van der Waals surface area contributed by atoms with E-state index in [0.717, 1.165) is 49.7 Å². The molecule has 0 saturated heterocycles. The van der Waals surface area contributed by atoms with Crippen LogP contribution in [0, 0.1) is 0 Å². The summed E-state index contributed by atoms with van der Waals surface area (Å²) < 4.78 is 10.6. The van der Waals surface area contributed by atoms with Crippen molar-refractivity contribution in [2.75, 3.05) is 40.3 Å². The molecule has 12 heteroatoms. The summed E-state index contributed by atoms with van der Waals surface area (Å²) in [6.07, 6.45) is 10.8.